The average Bonchev–Trinajstić information content (AvgIpc) is 3.48. The molecule has 0 radical (unpaired) electrons. The van der Waals surface area contributed by atoms with Gasteiger partial charge in [0.2, 0.25) is 0 Å². The fourth-order valence-electron chi connectivity index (χ4n) is 9.81. The van der Waals surface area contributed by atoms with Gasteiger partial charge in [0.05, 0.1) is 15.5 Å². The van der Waals surface area contributed by atoms with Gasteiger partial charge in [-0.1, -0.05) is 83.4 Å². The molecular weight excluding hydrogens is 514 g/mol. The van der Waals surface area contributed by atoms with E-state index in [-0.39, 0.29) is 16.0 Å². The number of allylic oxidation sites excluding steroid dienone is 2. The van der Waals surface area contributed by atoms with Gasteiger partial charge in [0, 0.05) is 6.07 Å². The van der Waals surface area contributed by atoms with E-state index in [2.05, 4.69) is 46.0 Å². The molecule has 5 nitrogen and oxygen atoms in total. The zero-order chi connectivity index (χ0) is 28.2. The van der Waals surface area contributed by atoms with Gasteiger partial charge < -0.3 is 5.32 Å². The molecule has 2 aromatic rings. The third-order valence-corrected chi connectivity index (χ3v) is 12.9. The first-order valence-electron chi connectivity index (χ1n) is 15.8. The zero-order valence-corrected chi connectivity index (χ0v) is 25.9. The molecule has 1 heterocycles. The number of aryl methyl sites for hydroxylation is 1. The predicted molar refractivity (Wildman–Crippen MR) is 166 cm³/mol. The lowest BCUT2D eigenvalue weighted by atomic mass is 9.47. The van der Waals surface area contributed by atoms with Crippen LogP contribution in [0.25, 0.3) is 5.57 Å². The third kappa shape index (κ3) is 4.62. The second-order valence-corrected chi connectivity index (χ2v) is 15.4. The monoisotopic (exact) mass is 561 g/mol. The van der Waals surface area contributed by atoms with Gasteiger partial charge in [-0.15, -0.1) is 0 Å². The molecule has 4 aliphatic carbocycles. The summed E-state index contributed by atoms with van der Waals surface area (Å²) in [7, 11) is 0. The van der Waals surface area contributed by atoms with Crippen LogP contribution in [-0.2, 0) is 6.42 Å². The van der Waals surface area contributed by atoms with Crippen molar-refractivity contribution in [3.8, 4) is 0 Å². The Bertz CT molecular complexity index is 1300. The highest BCUT2D eigenvalue weighted by molar-refractivity contribution is 7.16. The van der Waals surface area contributed by atoms with Crippen molar-refractivity contribution in [2.24, 2.45) is 46.3 Å². The Kier molecular flexibility index (Phi) is 7.38. The van der Waals surface area contributed by atoms with Crippen LogP contribution in [0.15, 0.2) is 30.3 Å². The molecule has 6 heteroatoms. The van der Waals surface area contributed by atoms with Crippen molar-refractivity contribution in [3.05, 3.63) is 51.0 Å². The fraction of sp³-hybridized carbons (Fsp3) is 0.676. The molecule has 0 amide bonds. The first-order valence-corrected chi connectivity index (χ1v) is 16.6. The van der Waals surface area contributed by atoms with E-state index < -0.39 is 0 Å². The topological polar surface area (TPSA) is 68.1 Å². The minimum atomic E-state index is -0.326. The molecule has 216 valence electrons. The Hall–Kier alpha value is -2.21. The second kappa shape index (κ2) is 10.6. The summed E-state index contributed by atoms with van der Waals surface area (Å²) in [6.45, 7) is 12.5. The van der Waals surface area contributed by atoms with E-state index in [9.17, 15) is 10.1 Å². The highest BCUT2D eigenvalue weighted by Gasteiger charge is 2.59. The van der Waals surface area contributed by atoms with Gasteiger partial charge in [0.1, 0.15) is 5.69 Å². The van der Waals surface area contributed by atoms with E-state index in [0.29, 0.717) is 11.1 Å². The van der Waals surface area contributed by atoms with E-state index >= 15 is 0 Å². The fourth-order valence-corrected chi connectivity index (χ4v) is 11.0. The molecule has 4 aliphatic rings. The number of nitro benzene ring substituents is 1. The molecule has 40 heavy (non-hydrogen) atoms. The highest BCUT2D eigenvalue weighted by atomic mass is 32.1. The average molecular weight is 562 g/mol. The molecular formula is C34H47N3O2S. The summed E-state index contributed by atoms with van der Waals surface area (Å²) in [6.07, 6.45) is 15.7. The summed E-state index contributed by atoms with van der Waals surface area (Å²) >= 11 is 1.69. The number of aromatic nitrogens is 1. The number of nitrogens with zero attached hydrogens (tertiary/aromatic N) is 2. The number of hydrogen-bond donors (Lipinski definition) is 1. The van der Waals surface area contributed by atoms with Gasteiger partial charge in [-0.3, -0.25) is 10.1 Å². The van der Waals surface area contributed by atoms with Crippen molar-refractivity contribution >= 4 is 33.4 Å². The molecule has 0 bridgehead atoms. The lowest BCUT2D eigenvalue weighted by molar-refractivity contribution is -0.383. The maximum absolute atomic E-state index is 11.5. The minimum absolute atomic E-state index is 0.0922. The van der Waals surface area contributed by atoms with Crippen molar-refractivity contribution in [2.45, 2.75) is 98.8 Å². The summed E-state index contributed by atoms with van der Waals surface area (Å²) in [5, 5.41) is 15.6. The summed E-state index contributed by atoms with van der Waals surface area (Å²) in [5.41, 5.74) is 4.01. The number of thiazole rings is 1. The van der Waals surface area contributed by atoms with Crippen molar-refractivity contribution in [1.29, 1.82) is 0 Å². The number of nitrogens with one attached hydrogen (secondary N) is 1. The molecule has 2 fully saturated rings. The van der Waals surface area contributed by atoms with E-state index in [0.717, 1.165) is 47.1 Å². The number of nitro groups is 1. The predicted octanol–water partition coefficient (Wildman–Crippen LogP) is 10.1. The van der Waals surface area contributed by atoms with Gasteiger partial charge in [-0.2, -0.15) is 0 Å². The number of rotatable bonds is 8. The molecule has 1 aromatic carbocycles. The van der Waals surface area contributed by atoms with Gasteiger partial charge in [0.25, 0.3) is 5.69 Å². The Balaban J connectivity index is 1.22. The van der Waals surface area contributed by atoms with Crippen LogP contribution < -0.4 is 5.32 Å². The Morgan fingerprint density at radius 2 is 1.90 bits per heavy atom. The molecule has 1 N–H and O–H groups in total. The van der Waals surface area contributed by atoms with Crippen LogP contribution >= 0.6 is 11.3 Å². The second-order valence-electron chi connectivity index (χ2n) is 14.4. The van der Waals surface area contributed by atoms with Crippen LogP contribution in [0.5, 0.6) is 0 Å². The molecule has 2 unspecified atom stereocenters. The molecule has 6 rings (SSSR count). The third-order valence-electron chi connectivity index (χ3n) is 11.8. The number of anilines is 2. The lowest BCUT2D eigenvalue weighted by Gasteiger charge is -2.57. The first-order chi connectivity index (χ1) is 19.1. The maximum Gasteiger partial charge on any atom is 0.292 e. The smallest absolute Gasteiger partial charge is 0.292 e. The summed E-state index contributed by atoms with van der Waals surface area (Å²) < 4.78 is 0. The molecule has 0 spiro atoms. The quantitative estimate of drug-likeness (QED) is 0.257. The standard InChI is InChI=1S/C34H47N3O2S/c1-21(2)9-8-10-22(3)24-15-16-25-23-13-14-27-31-29(18-20-34(27,5)26(23)17-19-33(24,25)4)36-32(40-31)35-28-11-6-7-12-30(28)37(38)39/h6-7,11-12,14,21-26H,8-10,13,15-20H2,1-5H3,(H,35,36)/t22?,23-,24?,25-,26-,33+,34+/m0/s1. The molecule has 0 saturated heterocycles. The van der Waals surface area contributed by atoms with Crippen LogP contribution in [0.4, 0.5) is 16.5 Å². The van der Waals surface area contributed by atoms with Gasteiger partial charge >= 0.3 is 0 Å². The maximum atomic E-state index is 11.5. The number of hydrogen-bond acceptors (Lipinski definition) is 5. The van der Waals surface area contributed by atoms with Crippen LogP contribution in [0, 0.1) is 56.5 Å². The minimum Gasteiger partial charge on any atom is -0.326 e. The Morgan fingerprint density at radius 1 is 1.10 bits per heavy atom. The van der Waals surface area contributed by atoms with Gasteiger partial charge in [0.15, 0.2) is 5.13 Å². The SMILES string of the molecule is CC(C)CCCC(C)C1CC[C@H]2[C@@H]3CC=C4c5sc(Nc6ccccc6[N+](=O)[O-])nc5CC[C@]4(C)[C@H]3CC[C@]12C. The van der Waals surface area contributed by atoms with E-state index in [1.54, 1.807) is 29.5 Å². The summed E-state index contributed by atoms with van der Waals surface area (Å²) in [6, 6.07) is 6.86. The van der Waals surface area contributed by atoms with Gasteiger partial charge in [-0.05, 0) is 103 Å². The normalized spacial score (nSPS) is 33.4. The number of benzene rings is 1. The lowest BCUT2D eigenvalue weighted by Crippen LogP contribution is -2.49. The Labute approximate surface area is 244 Å². The van der Waals surface area contributed by atoms with E-state index in [1.807, 2.05) is 6.07 Å². The van der Waals surface area contributed by atoms with Crippen LogP contribution in [0.3, 0.4) is 0 Å². The van der Waals surface area contributed by atoms with Crippen molar-refractivity contribution in [3.63, 3.8) is 0 Å². The molecule has 7 atom stereocenters. The van der Waals surface area contributed by atoms with Crippen molar-refractivity contribution in [1.82, 2.24) is 4.98 Å². The zero-order valence-electron chi connectivity index (χ0n) is 25.0. The van der Waals surface area contributed by atoms with Crippen molar-refractivity contribution in [2.75, 3.05) is 5.32 Å². The van der Waals surface area contributed by atoms with Crippen LogP contribution in [-0.4, -0.2) is 9.91 Å². The summed E-state index contributed by atoms with van der Waals surface area (Å²) in [5.74, 6) is 4.96. The largest absolute Gasteiger partial charge is 0.326 e. The van der Waals surface area contributed by atoms with Crippen LogP contribution in [0.2, 0.25) is 0 Å². The van der Waals surface area contributed by atoms with Crippen LogP contribution in [0.1, 0.15) is 103 Å². The number of fused-ring (bicyclic) bond motifs is 7. The number of para-hydroxylation sites is 2. The van der Waals surface area contributed by atoms with E-state index in [4.69, 9.17) is 4.98 Å². The molecule has 2 saturated carbocycles. The first kappa shape index (κ1) is 27.9. The molecule has 0 aliphatic heterocycles. The van der Waals surface area contributed by atoms with Gasteiger partial charge in [-0.25, -0.2) is 4.98 Å². The van der Waals surface area contributed by atoms with Crippen molar-refractivity contribution < 1.29 is 4.92 Å². The summed E-state index contributed by atoms with van der Waals surface area (Å²) in [4.78, 5) is 17.5. The van der Waals surface area contributed by atoms with E-state index in [1.165, 1.54) is 73.9 Å². The Morgan fingerprint density at radius 3 is 2.67 bits per heavy atom. The highest BCUT2D eigenvalue weighted by Crippen LogP contribution is 2.68. The molecule has 1 aromatic heterocycles.